The zero-order valence-corrected chi connectivity index (χ0v) is 9.76. The zero-order valence-electron chi connectivity index (χ0n) is 9.76. The molecule has 1 fully saturated rings. The molecule has 1 aromatic rings. The second-order valence-corrected chi connectivity index (χ2v) is 4.45. The predicted molar refractivity (Wildman–Crippen MR) is 63.3 cm³/mol. The molecule has 1 aliphatic heterocycles. The van der Waals surface area contributed by atoms with Gasteiger partial charge in [0.15, 0.2) is 0 Å². The van der Waals surface area contributed by atoms with E-state index in [0.29, 0.717) is 25.1 Å². The van der Waals surface area contributed by atoms with Crippen molar-refractivity contribution in [2.24, 2.45) is 5.92 Å². The number of pyridine rings is 1. The lowest BCUT2D eigenvalue weighted by Crippen LogP contribution is -2.29. The molecule has 1 aromatic heterocycles. The first kappa shape index (κ1) is 12.3. The average molecular weight is 250 g/mol. The lowest BCUT2D eigenvalue weighted by molar-refractivity contribution is -0.138. The van der Waals surface area contributed by atoms with Gasteiger partial charge in [0.25, 0.3) is 5.91 Å². The molecule has 18 heavy (non-hydrogen) atoms. The Morgan fingerprint density at radius 2 is 2.28 bits per heavy atom. The third-order valence-electron chi connectivity index (χ3n) is 3.06. The second kappa shape index (κ2) is 5.03. The van der Waals surface area contributed by atoms with Gasteiger partial charge in [0.2, 0.25) is 5.56 Å². The first-order valence-electron chi connectivity index (χ1n) is 5.76. The number of carboxylic acids is 1. The molecule has 0 aliphatic carbocycles. The summed E-state index contributed by atoms with van der Waals surface area (Å²) in [5.41, 5.74) is 0.0249. The van der Waals surface area contributed by atoms with Crippen molar-refractivity contribution in [3.8, 4) is 0 Å². The standard InChI is InChI=1S/C12H14N2O4/c15-10-6-9(1-3-13-10)12(18)14-4-2-8(7-14)5-11(16)17/h1,3,6,8H,2,4-5,7H2,(H,13,15)(H,16,17). The summed E-state index contributed by atoms with van der Waals surface area (Å²) in [5.74, 6) is -1.05. The van der Waals surface area contributed by atoms with E-state index in [1.54, 1.807) is 11.0 Å². The number of carbonyl (C=O) groups excluding carboxylic acids is 1. The number of hydrogen-bond acceptors (Lipinski definition) is 3. The van der Waals surface area contributed by atoms with E-state index >= 15 is 0 Å². The highest BCUT2D eigenvalue weighted by Crippen LogP contribution is 2.21. The predicted octanol–water partition coefficient (Wildman–Crippen LogP) is 0.312. The first-order chi connectivity index (χ1) is 8.56. The molecule has 2 N–H and O–H groups in total. The molecule has 0 aromatic carbocycles. The molecule has 0 saturated carbocycles. The first-order valence-corrected chi connectivity index (χ1v) is 5.76. The highest BCUT2D eigenvalue weighted by atomic mass is 16.4. The fraction of sp³-hybridized carbons (Fsp3) is 0.417. The van der Waals surface area contributed by atoms with E-state index < -0.39 is 5.97 Å². The average Bonchev–Trinajstić information content (AvgIpc) is 2.75. The van der Waals surface area contributed by atoms with E-state index in [2.05, 4.69) is 4.98 Å². The molecular weight excluding hydrogens is 236 g/mol. The van der Waals surface area contributed by atoms with Gasteiger partial charge in [-0.25, -0.2) is 0 Å². The number of carboxylic acid groups (broad SMARTS) is 1. The number of likely N-dealkylation sites (tertiary alicyclic amines) is 1. The summed E-state index contributed by atoms with van der Waals surface area (Å²) in [5, 5.41) is 8.70. The number of rotatable bonds is 3. The summed E-state index contributed by atoms with van der Waals surface area (Å²) in [6.45, 7) is 0.988. The van der Waals surface area contributed by atoms with Gasteiger partial charge in [-0.3, -0.25) is 14.4 Å². The van der Waals surface area contributed by atoms with Crippen LogP contribution in [0.15, 0.2) is 23.1 Å². The van der Waals surface area contributed by atoms with Crippen molar-refractivity contribution in [3.63, 3.8) is 0 Å². The molecule has 0 radical (unpaired) electrons. The molecule has 2 heterocycles. The minimum Gasteiger partial charge on any atom is -0.481 e. The third-order valence-corrected chi connectivity index (χ3v) is 3.06. The SMILES string of the molecule is O=C(O)CC1CCN(C(=O)c2cc[nH]c(=O)c2)C1. The minimum atomic E-state index is -0.842. The van der Waals surface area contributed by atoms with Crippen LogP contribution in [0, 0.1) is 5.92 Å². The number of aromatic amines is 1. The Hall–Kier alpha value is -2.11. The molecule has 1 amide bonds. The van der Waals surface area contributed by atoms with Crippen molar-refractivity contribution >= 4 is 11.9 Å². The Labute approximate surface area is 103 Å². The topological polar surface area (TPSA) is 90.5 Å². The van der Waals surface area contributed by atoms with E-state index in [1.807, 2.05) is 0 Å². The van der Waals surface area contributed by atoms with Crippen LogP contribution in [-0.4, -0.2) is 40.0 Å². The van der Waals surface area contributed by atoms with Crippen LogP contribution in [0.1, 0.15) is 23.2 Å². The largest absolute Gasteiger partial charge is 0.481 e. The molecular formula is C12H14N2O4. The lowest BCUT2D eigenvalue weighted by atomic mass is 10.1. The van der Waals surface area contributed by atoms with Gasteiger partial charge in [0.05, 0.1) is 0 Å². The monoisotopic (exact) mass is 250 g/mol. The Balaban J connectivity index is 2.03. The molecule has 1 unspecified atom stereocenters. The van der Waals surface area contributed by atoms with Crippen LogP contribution in [0.2, 0.25) is 0 Å². The number of carbonyl (C=O) groups is 2. The Kier molecular flexibility index (Phi) is 3.45. The maximum absolute atomic E-state index is 12.1. The van der Waals surface area contributed by atoms with Crippen molar-refractivity contribution in [3.05, 3.63) is 34.2 Å². The number of aromatic nitrogens is 1. The number of hydrogen-bond donors (Lipinski definition) is 2. The molecule has 6 heteroatoms. The molecule has 0 bridgehead atoms. The zero-order chi connectivity index (χ0) is 13.1. The van der Waals surface area contributed by atoms with Gasteiger partial charge >= 0.3 is 5.97 Å². The summed E-state index contributed by atoms with van der Waals surface area (Å²) < 4.78 is 0. The molecule has 1 atom stereocenters. The molecule has 2 rings (SSSR count). The quantitative estimate of drug-likeness (QED) is 0.807. The van der Waals surface area contributed by atoms with Crippen LogP contribution >= 0.6 is 0 Å². The number of nitrogens with zero attached hydrogens (tertiary/aromatic N) is 1. The van der Waals surface area contributed by atoms with E-state index in [9.17, 15) is 14.4 Å². The van der Waals surface area contributed by atoms with Gasteiger partial charge in [0, 0.05) is 37.3 Å². The Morgan fingerprint density at radius 1 is 1.50 bits per heavy atom. The summed E-state index contributed by atoms with van der Waals surface area (Å²) in [6, 6.07) is 2.81. The molecule has 0 spiro atoms. The summed E-state index contributed by atoms with van der Waals surface area (Å²) in [7, 11) is 0. The highest BCUT2D eigenvalue weighted by molar-refractivity contribution is 5.94. The van der Waals surface area contributed by atoms with Gasteiger partial charge in [0.1, 0.15) is 0 Å². The van der Waals surface area contributed by atoms with Gasteiger partial charge in [-0.15, -0.1) is 0 Å². The van der Waals surface area contributed by atoms with Crippen molar-refractivity contribution in [2.45, 2.75) is 12.8 Å². The van der Waals surface area contributed by atoms with Crippen LogP contribution in [0.25, 0.3) is 0 Å². The van der Waals surface area contributed by atoms with Crippen LogP contribution in [-0.2, 0) is 4.79 Å². The van der Waals surface area contributed by atoms with Crippen molar-refractivity contribution in [1.82, 2.24) is 9.88 Å². The Morgan fingerprint density at radius 3 is 2.94 bits per heavy atom. The van der Waals surface area contributed by atoms with Crippen molar-refractivity contribution in [1.29, 1.82) is 0 Å². The van der Waals surface area contributed by atoms with E-state index in [0.717, 1.165) is 0 Å². The normalized spacial score (nSPS) is 18.9. The second-order valence-electron chi connectivity index (χ2n) is 4.45. The fourth-order valence-electron chi connectivity index (χ4n) is 2.19. The summed E-state index contributed by atoms with van der Waals surface area (Å²) in [4.78, 5) is 37.8. The van der Waals surface area contributed by atoms with E-state index in [1.165, 1.54) is 12.3 Å². The maximum atomic E-state index is 12.1. The molecule has 1 aliphatic rings. The van der Waals surface area contributed by atoms with Gasteiger partial charge in [-0.2, -0.15) is 0 Å². The minimum absolute atomic E-state index is 0.00782. The van der Waals surface area contributed by atoms with Crippen LogP contribution < -0.4 is 5.56 Å². The highest BCUT2D eigenvalue weighted by Gasteiger charge is 2.28. The lowest BCUT2D eigenvalue weighted by Gasteiger charge is -2.15. The number of aliphatic carboxylic acids is 1. The molecule has 1 saturated heterocycles. The van der Waals surface area contributed by atoms with Gasteiger partial charge in [-0.05, 0) is 18.4 Å². The maximum Gasteiger partial charge on any atom is 0.303 e. The fourth-order valence-corrected chi connectivity index (χ4v) is 2.19. The van der Waals surface area contributed by atoms with Crippen molar-refractivity contribution in [2.75, 3.05) is 13.1 Å². The van der Waals surface area contributed by atoms with E-state index in [4.69, 9.17) is 5.11 Å². The number of amides is 1. The Bertz CT molecular complexity index is 523. The van der Waals surface area contributed by atoms with Crippen LogP contribution in [0.4, 0.5) is 0 Å². The van der Waals surface area contributed by atoms with Crippen LogP contribution in [0.5, 0.6) is 0 Å². The molecule has 96 valence electrons. The van der Waals surface area contributed by atoms with E-state index in [-0.39, 0.29) is 23.8 Å². The van der Waals surface area contributed by atoms with Gasteiger partial charge in [-0.1, -0.05) is 0 Å². The molecule has 6 nitrogen and oxygen atoms in total. The summed E-state index contributed by atoms with van der Waals surface area (Å²) in [6.07, 6.45) is 2.21. The smallest absolute Gasteiger partial charge is 0.303 e. The van der Waals surface area contributed by atoms with Gasteiger partial charge < -0.3 is 15.0 Å². The van der Waals surface area contributed by atoms with Crippen molar-refractivity contribution < 1.29 is 14.7 Å². The number of H-pyrrole nitrogens is 1. The number of nitrogens with one attached hydrogen (secondary N) is 1. The summed E-state index contributed by atoms with van der Waals surface area (Å²) >= 11 is 0. The third kappa shape index (κ3) is 2.77. The van der Waals surface area contributed by atoms with Crippen LogP contribution in [0.3, 0.4) is 0 Å².